The number of hydrogen-bond donors (Lipinski definition) is 0. The van der Waals surface area contributed by atoms with Crippen LogP contribution in [0.4, 0.5) is 5.69 Å². The minimum absolute atomic E-state index is 0.160. The molecule has 1 aliphatic heterocycles. The number of nitrogens with zero attached hydrogens (tertiary/aromatic N) is 1. The van der Waals surface area contributed by atoms with Gasteiger partial charge in [0.2, 0.25) is 0 Å². The van der Waals surface area contributed by atoms with Gasteiger partial charge in [0.05, 0.1) is 31.9 Å². The van der Waals surface area contributed by atoms with E-state index in [1.807, 2.05) is 12.1 Å². The zero-order chi connectivity index (χ0) is 18.7. The second kappa shape index (κ2) is 7.80. The SMILES string of the molecule is COc1ccc(N2C(=O)/C(=C/c3cc(OC)cc(OC)c3)SC2=S)cc1. The van der Waals surface area contributed by atoms with Crippen LogP contribution in [0, 0.1) is 0 Å². The Morgan fingerprint density at radius 1 is 0.923 bits per heavy atom. The Bertz CT molecular complexity index is 855. The molecule has 0 unspecified atom stereocenters. The van der Waals surface area contributed by atoms with Crippen LogP contribution in [0.3, 0.4) is 0 Å². The first-order chi connectivity index (χ1) is 12.5. The highest BCUT2D eigenvalue weighted by atomic mass is 32.2. The van der Waals surface area contributed by atoms with Crippen LogP contribution in [0.5, 0.6) is 17.2 Å². The molecule has 134 valence electrons. The van der Waals surface area contributed by atoms with E-state index < -0.39 is 0 Å². The number of carbonyl (C=O) groups excluding carboxylic acids is 1. The molecule has 1 heterocycles. The van der Waals surface area contributed by atoms with E-state index in [9.17, 15) is 4.79 Å². The van der Waals surface area contributed by atoms with E-state index in [4.69, 9.17) is 26.4 Å². The molecule has 1 amide bonds. The molecule has 1 saturated heterocycles. The van der Waals surface area contributed by atoms with E-state index in [-0.39, 0.29) is 5.91 Å². The van der Waals surface area contributed by atoms with Gasteiger partial charge in [-0.15, -0.1) is 0 Å². The second-order valence-electron chi connectivity index (χ2n) is 5.36. The maximum Gasteiger partial charge on any atom is 0.270 e. The molecule has 0 N–H and O–H groups in total. The Hall–Kier alpha value is -2.51. The van der Waals surface area contributed by atoms with E-state index in [2.05, 4.69) is 0 Å². The number of rotatable bonds is 5. The Kier molecular flexibility index (Phi) is 5.49. The third-order valence-electron chi connectivity index (χ3n) is 3.80. The summed E-state index contributed by atoms with van der Waals surface area (Å²) in [7, 11) is 4.77. The number of anilines is 1. The lowest BCUT2D eigenvalue weighted by Crippen LogP contribution is -2.27. The molecular weight excluding hydrogens is 370 g/mol. The molecule has 0 aliphatic carbocycles. The normalized spacial score (nSPS) is 15.5. The zero-order valence-corrected chi connectivity index (χ0v) is 16.1. The first-order valence-electron chi connectivity index (χ1n) is 7.71. The summed E-state index contributed by atoms with van der Waals surface area (Å²) in [4.78, 5) is 14.9. The lowest BCUT2D eigenvalue weighted by atomic mass is 10.1. The summed E-state index contributed by atoms with van der Waals surface area (Å²) in [6, 6.07) is 12.7. The van der Waals surface area contributed by atoms with Crippen LogP contribution >= 0.6 is 24.0 Å². The molecule has 5 nitrogen and oxygen atoms in total. The molecule has 0 spiro atoms. The van der Waals surface area contributed by atoms with Gasteiger partial charge in [-0.3, -0.25) is 9.69 Å². The van der Waals surface area contributed by atoms with E-state index in [1.165, 1.54) is 16.7 Å². The van der Waals surface area contributed by atoms with Gasteiger partial charge in [-0.2, -0.15) is 0 Å². The molecule has 1 fully saturated rings. The number of thioether (sulfide) groups is 1. The summed E-state index contributed by atoms with van der Waals surface area (Å²) in [5, 5.41) is 0. The van der Waals surface area contributed by atoms with Crippen LogP contribution in [0.15, 0.2) is 47.4 Å². The van der Waals surface area contributed by atoms with Crippen molar-refractivity contribution in [3.8, 4) is 17.2 Å². The number of amides is 1. The van der Waals surface area contributed by atoms with Gasteiger partial charge in [-0.25, -0.2) is 0 Å². The van der Waals surface area contributed by atoms with Gasteiger partial charge in [0.15, 0.2) is 4.32 Å². The Balaban J connectivity index is 1.91. The molecule has 3 rings (SSSR count). The predicted molar refractivity (Wildman–Crippen MR) is 108 cm³/mol. The van der Waals surface area contributed by atoms with E-state index >= 15 is 0 Å². The fourth-order valence-electron chi connectivity index (χ4n) is 2.49. The van der Waals surface area contributed by atoms with Crippen LogP contribution in [-0.2, 0) is 4.79 Å². The Morgan fingerprint density at radius 3 is 2.04 bits per heavy atom. The summed E-state index contributed by atoms with van der Waals surface area (Å²) in [5.41, 5.74) is 1.51. The first kappa shape index (κ1) is 18.3. The average Bonchev–Trinajstić information content (AvgIpc) is 2.94. The van der Waals surface area contributed by atoms with Crippen molar-refractivity contribution in [1.29, 1.82) is 0 Å². The summed E-state index contributed by atoms with van der Waals surface area (Å²) < 4.78 is 16.2. The molecule has 0 radical (unpaired) electrons. The van der Waals surface area contributed by atoms with E-state index in [0.29, 0.717) is 26.4 Å². The highest BCUT2D eigenvalue weighted by Gasteiger charge is 2.33. The first-order valence-corrected chi connectivity index (χ1v) is 8.93. The van der Waals surface area contributed by atoms with E-state index in [1.54, 1.807) is 57.7 Å². The van der Waals surface area contributed by atoms with Gasteiger partial charge in [-0.05, 0) is 48.0 Å². The van der Waals surface area contributed by atoms with Gasteiger partial charge < -0.3 is 14.2 Å². The van der Waals surface area contributed by atoms with Crippen molar-refractivity contribution in [2.75, 3.05) is 26.2 Å². The summed E-state index contributed by atoms with van der Waals surface area (Å²) in [5.74, 6) is 1.87. The fourth-order valence-corrected chi connectivity index (χ4v) is 3.78. The number of thiocarbonyl (C=S) groups is 1. The largest absolute Gasteiger partial charge is 0.497 e. The number of methoxy groups -OCH3 is 3. The van der Waals surface area contributed by atoms with Crippen molar-refractivity contribution in [2.24, 2.45) is 0 Å². The topological polar surface area (TPSA) is 48.0 Å². The molecule has 0 atom stereocenters. The quantitative estimate of drug-likeness (QED) is 0.568. The summed E-state index contributed by atoms with van der Waals surface area (Å²) in [6.07, 6.45) is 1.79. The van der Waals surface area contributed by atoms with Gasteiger partial charge in [0, 0.05) is 6.07 Å². The van der Waals surface area contributed by atoms with Gasteiger partial charge in [0.25, 0.3) is 5.91 Å². The molecule has 26 heavy (non-hydrogen) atoms. The standard InChI is InChI=1S/C19H17NO4S2/c1-22-14-6-4-13(5-7-14)20-18(21)17(26-19(20)25)10-12-8-15(23-2)11-16(9-12)24-3/h4-11H,1-3H3/b17-10-. The average molecular weight is 387 g/mol. The molecule has 7 heteroatoms. The highest BCUT2D eigenvalue weighted by Crippen LogP contribution is 2.37. The monoisotopic (exact) mass is 387 g/mol. The highest BCUT2D eigenvalue weighted by molar-refractivity contribution is 8.27. The fraction of sp³-hybridized carbons (Fsp3) is 0.158. The second-order valence-corrected chi connectivity index (χ2v) is 7.04. The van der Waals surface area contributed by atoms with Crippen molar-refractivity contribution in [2.45, 2.75) is 0 Å². The lowest BCUT2D eigenvalue weighted by molar-refractivity contribution is -0.113. The molecule has 2 aromatic carbocycles. The number of hydrogen-bond acceptors (Lipinski definition) is 6. The summed E-state index contributed by atoms with van der Waals surface area (Å²) >= 11 is 6.66. The smallest absolute Gasteiger partial charge is 0.270 e. The van der Waals surface area contributed by atoms with Gasteiger partial charge in [0.1, 0.15) is 17.2 Å². The molecule has 0 saturated carbocycles. The zero-order valence-electron chi connectivity index (χ0n) is 14.5. The van der Waals surface area contributed by atoms with Crippen LogP contribution in [0.2, 0.25) is 0 Å². The molecule has 1 aliphatic rings. The van der Waals surface area contributed by atoms with Crippen LogP contribution in [-0.4, -0.2) is 31.6 Å². The minimum atomic E-state index is -0.160. The molecule has 2 aromatic rings. The third-order valence-corrected chi connectivity index (χ3v) is 5.10. The van der Waals surface area contributed by atoms with Crippen LogP contribution in [0.25, 0.3) is 6.08 Å². The van der Waals surface area contributed by atoms with Crippen molar-refractivity contribution in [3.63, 3.8) is 0 Å². The van der Waals surface area contributed by atoms with Crippen molar-refractivity contribution < 1.29 is 19.0 Å². The lowest BCUT2D eigenvalue weighted by Gasteiger charge is -2.14. The van der Waals surface area contributed by atoms with Crippen molar-refractivity contribution in [1.82, 2.24) is 0 Å². The minimum Gasteiger partial charge on any atom is -0.497 e. The number of benzene rings is 2. The van der Waals surface area contributed by atoms with Crippen molar-refractivity contribution in [3.05, 3.63) is 52.9 Å². The van der Waals surface area contributed by atoms with E-state index in [0.717, 1.165) is 11.3 Å². The van der Waals surface area contributed by atoms with Crippen LogP contribution in [0.1, 0.15) is 5.56 Å². The van der Waals surface area contributed by atoms with Crippen molar-refractivity contribution >= 4 is 46.0 Å². The van der Waals surface area contributed by atoms with Gasteiger partial charge >= 0.3 is 0 Å². The number of ether oxygens (including phenoxy) is 3. The van der Waals surface area contributed by atoms with Gasteiger partial charge in [-0.1, -0.05) is 24.0 Å². The molecule has 0 bridgehead atoms. The Morgan fingerprint density at radius 2 is 1.50 bits per heavy atom. The Labute approximate surface area is 161 Å². The maximum absolute atomic E-state index is 12.8. The molecular formula is C19H17NO4S2. The summed E-state index contributed by atoms with van der Waals surface area (Å²) in [6.45, 7) is 0. The maximum atomic E-state index is 12.8. The third kappa shape index (κ3) is 3.68. The predicted octanol–water partition coefficient (Wildman–Crippen LogP) is 4.12. The number of carbonyl (C=O) groups is 1. The molecule has 0 aromatic heterocycles. The van der Waals surface area contributed by atoms with Crippen LogP contribution < -0.4 is 19.1 Å².